The van der Waals surface area contributed by atoms with E-state index in [1.54, 1.807) is 6.07 Å². The summed E-state index contributed by atoms with van der Waals surface area (Å²) in [4.78, 5) is 0. The predicted octanol–water partition coefficient (Wildman–Crippen LogP) is 10.3. The number of hydrogen-bond donors (Lipinski definition) is 0. The van der Waals surface area contributed by atoms with Crippen LogP contribution in [0.3, 0.4) is 0 Å². The molecule has 0 N–H and O–H groups in total. The molecule has 0 bridgehead atoms. The molecule has 0 unspecified atom stereocenters. The normalized spacial score (nSPS) is 11.9. The Morgan fingerprint density at radius 2 is 1.48 bits per heavy atom. The van der Waals surface area contributed by atoms with E-state index in [0.717, 1.165) is 43.5 Å². The van der Waals surface area contributed by atoms with Crippen molar-refractivity contribution in [1.82, 2.24) is 0 Å². The molecule has 0 radical (unpaired) electrons. The summed E-state index contributed by atoms with van der Waals surface area (Å²) in [6, 6.07) is 9.41. The van der Waals surface area contributed by atoms with Gasteiger partial charge in [-0.25, -0.2) is 22.0 Å². The number of fused-ring (bicyclic) bond motifs is 1. The molecule has 0 fully saturated rings. The molecule has 0 saturated heterocycles. The van der Waals surface area contributed by atoms with Gasteiger partial charge in [-0.2, -0.15) is 8.78 Å². The number of rotatable bonds is 8. The van der Waals surface area contributed by atoms with E-state index in [0.29, 0.717) is 24.1 Å². The largest absolute Gasteiger partial charge is 0.432 e. The monoisotopic (exact) mass is 602 g/mol. The van der Waals surface area contributed by atoms with Gasteiger partial charge in [0.15, 0.2) is 0 Å². The third-order valence-corrected chi connectivity index (χ3v) is 7.43. The Balaban J connectivity index is 1.63. The minimum absolute atomic E-state index is 0.0907. The lowest BCUT2D eigenvalue weighted by atomic mass is 9.99. The van der Waals surface area contributed by atoms with Crippen molar-refractivity contribution in [2.24, 2.45) is 0 Å². The van der Waals surface area contributed by atoms with Crippen molar-refractivity contribution in [3.8, 4) is 28.3 Å². The number of unbranched alkanes of at least 4 members (excludes halogenated alkanes) is 2. The Morgan fingerprint density at radius 3 is 2.10 bits per heavy atom. The Morgan fingerprint density at radius 1 is 0.786 bits per heavy atom. The van der Waals surface area contributed by atoms with Gasteiger partial charge in [-0.1, -0.05) is 57.5 Å². The van der Waals surface area contributed by atoms with Crippen molar-refractivity contribution < 1.29 is 35.5 Å². The molecule has 0 aliphatic heterocycles. The Hall–Kier alpha value is -3.77. The first kappa shape index (κ1) is 31.2. The summed E-state index contributed by atoms with van der Waals surface area (Å²) in [6.07, 6.45) is -1.05. The fourth-order valence-electron chi connectivity index (χ4n) is 4.47. The van der Waals surface area contributed by atoms with Gasteiger partial charge < -0.3 is 4.74 Å². The van der Waals surface area contributed by atoms with Crippen LogP contribution in [0.1, 0.15) is 42.9 Å². The van der Waals surface area contributed by atoms with Gasteiger partial charge in [0.05, 0.1) is 5.56 Å². The van der Waals surface area contributed by atoms with Crippen LogP contribution in [-0.2, 0) is 12.5 Å². The van der Waals surface area contributed by atoms with Gasteiger partial charge in [-0.3, -0.25) is 0 Å². The minimum Gasteiger partial charge on any atom is -0.429 e. The molecule has 220 valence electrons. The highest BCUT2D eigenvalue weighted by Gasteiger charge is 2.41. The van der Waals surface area contributed by atoms with E-state index in [2.05, 4.69) is 16.2 Å². The molecule has 1 nitrogen and oxygen atoms in total. The highest BCUT2D eigenvalue weighted by atomic mass is 28.3. The zero-order valence-electron chi connectivity index (χ0n) is 23.6. The van der Waals surface area contributed by atoms with Crippen molar-refractivity contribution in [2.75, 3.05) is 0 Å². The predicted molar refractivity (Wildman–Crippen MR) is 154 cm³/mol. The lowest BCUT2D eigenvalue weighted by Crippen LogP contribution is -2.25. The topological polar surface area (TPSA) is 9.23 Å². The van der Waals surface area contributed by atoms with Crippen LogP contribution in [0.4, 0.5) is 30.7 Å². The second-order valence-electron chi connectivity index (χ2n) is 11.1. The fourth-order valence-corrected chi connectivity index (χ4v) is 4.97. The lowest BCUT2D eigenvalue weighted by molar-refractivity contribution is -0.189. The van der Waals surface area contributed by atoms with Crippen molar-refractivity contribution >= 4 is 18.8 Å². The van der Waals surface area contributed by atoms with Crippen LogP contribution in [0, 0.1) is 40.6 Å². The van der Waals surface area contributed by atoms with Crippen LogP contribution in [0.15, 0.2) is 54.6 Å². The van der Waals surface area contributed by atoms with Crippen molar-refractivity contribution in [1.29, 1.82) is 0 Å². The summed E-state index contributed by atoms with van der Waals surface area (Å²) < 4.78 is 109. The summed E-state index contributed by atoms with van der Waals surface area (Å²) in [5.74, 6) is -4.01. The molecular formula is C33H29F7OSi. The van der Waals surface area contributed by atoms with E-state index < -0.39 is 60.1 Å². The second-order valence-corrected chi connectivity index (χ2v) is 15.9. The van der Waals surface area contributed by atoms with Gasteiger partial charge in [0.25, 0.3) is 0 Å². The van der Waals surface area contributed by atoms with Crippen molar-refractivity contribution in [2.45, 2.75) is 58.4 Å². The third-order valence-electron chi connectivity index (χ3n) is 6.56. The molecule has 4 aromatic rings. The number of ether oxygens (including phenoxy) is 1. The molecule has 0 aliphatic carbocycles. The zero-order valence-corrected chi connectivity index (χ0v) is 24.6. The maximum atomic E-state index is 15.1. The van der Waals surface area contributed by atoms with Crippen LogP contribution < -0.4 is 4.74 Å². The van der Waals surface area contributed by atoms with Gasteiger partial charge in [-0.05, 0) is 71.8 Å². The molecule has 9 heteroatoms. The molecule has 0 atom stereocenters. The molecule has 0 spiro atoms. The van der Waals surface area contributed by atoms with Crippen LogP contribution in [0.5, 0.6) is 5.75 Å². The van der Waals surface area contributed by atoms with Crippen LogP contribution in [-0.4, -0.2) is 8.07 Å². The van der Waals surface area contributed by atoms with Crippen LogP contribution in [0.25, 0.3) is 21.9 Å². The molecule has 0 saturated carbocycles. The van der Waals surface area contributed by atoms with E-state index in [1.807, 2.05) is 26.6 Å². The van der Waals surface area contributed by atoms with Crippen molar-refractivity contribution in [3.63, 3.8) is 0 Å². The zero-order chi connectivity index (χ0) is 30.8. The average molecular weight is 603 g/mol. The average Bonchev–Trinajstić information content (AvgIpc) is 2.87. The molecule has 0 amide bonds. The third kappa shape index (κ3) is 6.98. The Bertz CT molecular complexity index is 1670. The molecule has 0 heterocycles. The van der Waals surface area contributed by atoms with Crippen LogP contribution >= 0.6 is 0 Å². The lowest BCUT2D eigenvalue weighted by Gasteiger charge is -2.20. The van der Waals surface area contributed by atoms with Crippen molar-refractivity contribution in [3.05, 3.63) is 100 Å². The summed E-state index contributed by atoms with van der Waals surface area (Å²) in [5.41, 5.74) is 1.08. The number of aryl methyl sites for hydroxylation is 1. The van der Waals surface area contributed by atoms with E-state index >= 15 is 13.2 Å². The maximum absolute atomic E-state index is 15.1. The Kier molecular flexibility index (Phi) is 9.07. The minimum atomic E-state index is -4.51. The fraction of sp³-hybridized carbons (Fsp3) is 0.273. The van der Waals surface area contributed by atoms with E-state index in [-0.39, 0.29) is 21.9 Å². The SMILES string of the molecule is CCCCCc1ccc(-c2cc(F)c(C(F)(F)Oc3ccc4c(F)c(C#C[Si](C)(C)C)c(F)cc4c3)c(F)c2)c(F)c1. The number of alkyl halides is 2. The quantitative estimate of drug-likeness (QED) is 0.0844. The second kappa shape index (κ2) is 12.2. The van der Waals surface area contributed by atoms with E-state index in [4.69, 9.17) is 0 Å². The Labute approximate surface area is 241 Å². The summed E-state index contributed by atoms with van der Waals surface area (Å²) >= 11 is 0. The number of benzene rings is 4. The molecule has 4 rings (SSSR count). The first-order valence-electron chi connectivity index (χ1n) is 13.5. The summed E-state index contributed by atoms with van der Waals surface area (Å²) in [6.45, 7) is 7.76. The first-order chi connectivity index (χ1) is 19.7. The van der Waals surface area contributed by atoms with Gasteiger partial charge in [0.1, 0.15) is 48.5 Å². The smallest absolute Gasteiger partial charge is 0.429 e. The first-order valence-corrected chi connectivity index (χ1v) is 17.0. The van der Waals surface area contributed by atoms with Gasteiger partial charge in [0, 0.05) is 10.9 Å². The molecular weight excluding hydrogens is 573 g/mol. The van der Waals surface area contributed by atoms with Crippen LogP contribution in [0.2, 0.25) is 19.6 Å². The molecule has 0 aromatic heterocycles. The highest BCUT2D eigenvalue weighted by molar-refractivity contribution is 6.83. The molecule has 4 aromatic carbocycles. The molecule has 0 aliphatic rings. The number of hydrogen-bond acceptors (Lipinski definition) is 1. The van der Waals surface area contributed by atoms with Gasteiger partial charge >= 0.3 is 6.11 Å². The molecule has 42 heavy (non-hydrogen) atoms. The summed E-state index contributed by atoms with van der Waals surface area (Å²) in [5, 5.41) is -0.200. The number of halogens is 7. The van der Waals surface area contributed by atoms with Gasteiger partial charge in [0.2, 0.25) is 0 Å². The maximum Gasteiger partial charge on any atom is 0.432 e. The van der Waals surface area contributed by atoms with Gasteiger partial charge in [-0.15, -0.1) is 5.54 Å². The standard InChI is InChI=1S/C33H29F7OSi/c1-5-6-7-8-20-9-11-24(27(34)15-20)22-18-29(36)31(30(37)19-22)33(39,40)41-23-10-12-25-21(16-23)17-28(35)26(32(25)38)13-14-42(2,3)4/h9-12,15-19H,5-8H2,1-4H3. The highest BCUT2D eigenvalue weighted by Crippen LogP contribution is 2.38. The van der Waals surface area contributed by atoms with E-state index in [9.17, 15) is 17.6 Å². The van der Waals surface area contributed by atoms with E-state index in [1.165, 1.54) is 12.1 Å². The summed E-state index contributed by atoms with van der Waals surface area (Å²) in [7, 11) is -1.94.